The Morgan fingerprint density at radius 3 is 1.37 bits per heavy atom. The van der Waals surface area contributed by atoms with Gasteiger partial charge in [-0.25, -0.2) is 8.42 Å². The van der Waals surface area contributed by atoms with E-state index in [1.54, 1.807) is 54.6 Å². The Bertz CT molecular complexity index is 1810. The third kappa shape index (κ3) is 19.2. The summed E-state index contributed by atoms with van der Waals surface area (Å²) in [7, 11) is -9.07. The molecule has 0 saturated heterocycles. The van der Waals surface area contributed by atoms with E-state index in [9.17, 15) is 36.2 Å². The first-order valence-electron chi connectivity index (χ1n) is 19.9. The van der Waals surface area contributed by atoms with Gasteiger partial charge in [0.05, 0.1) is 9.79 Å². The van der Waals surface area contributed by atoms with Crippen molar-refractivity contribution in [3.8, 4) is 34.5 Å². The third-order valence-electron chi connectivity index (χ3n) is 9.36. The number of hydrogen-bond donors (Lipinski definition) is 2. The van der Waals surface area contributed by atoms with Crippen molar-refractivity contribution in [2.24, 2.45) is 0 Å². The van der Waals surface area contributed by atoms with Crippen LogP contribution in [0.2, 0.25) is 0 Å². The minimum atomic E-state index is -4.67. The van der Waals surface area contributed by atoms with Crippen LogP contribution in [0.4, 0.5) is 0 Å². The molecule has 0 aliphatic heterocycles. The number of rotatable bonds is 24. The second kappa shape index (κ2) is 27.0. The van der Waals surface area contributed by atoms with Crippen LogP contribution < -0.4 is 14.6 Å². The van der Waals surface area contributed by atoms with Gasteiger partial charge in [0, 0.05) is 6.07 Å². The van der Waals surface area contributed by atoms with E-state index in [2.05, 4.69) is 13.8 Å². The topological polar surface area (TPSA) is 173 Å². The predicted octanol–water partition coefficient (Wildman–Crippen LogP) is 10.9. The maximum atomic E-state index is 12.7. The molecule has 0 aromatic heterocycles. The van der Waals surface area contributed by atoms with Gasteiger partial charge < -0.3 is 24.2 Å². The molecule has 10 nitrogen and oxygen atoms in total. The summed E-state index contributed by atoms with van der Waals surface area (Å²) in [6, 6.07) is 22.1. The maximum absolute atomic E-state index is 12.7. The molecule has 0 aliphatic carbocycles. The fraction of sp³-hybridized carbons (Fsp3) is 0.455. The van der Waals surface area contributed by atoms with E-state index in [4.69, 9.17) is 9.47 Å². The van der Waals surface area contributed by atoms with E-state index in [-0.39, 0.29) is 65.6 Å². The van der Waals surface area contributed by atoms with Crippen molar-refractivity contribution in [1.29, 1.82) is 0 Å². The maximum Gasteiger partial charge on any atom is 2.00 e. The summed E-state index contributed by atoms with van der Waals surface area (Å²) >= 11 is 0. The molecule has 0 unspecified atom stereocenters. The molecular weight excluding hydrogens is 793 g/mol. The van der Waals surface area contributed by atoms with Crippen molar-refractivity contribution in [1.82, 2.24) is 0 Å². The molecule has 0 radical (unpaired) electrons. The van der Waals surface area contributed by atoms with E-state index >= 15 is 0 Å². The molecule has 2 N–H and O–H groups in total. The van der Waals surface area contributed by atoms with Crippen molar-refractivity contribution >= 4 is 58.0 Å². The zero-order valence-corrected chi connectivity index (χ0v) is 37.3. The van der Waals surface area contributed by atoms with E-state index in [1.807, 2.05) is 6.07 Å². The normalized spacial score (nSPS) is 11.3. The van der Waals surface area contributed by atoms with Crippen LogP contribution in [0, 0.1) is 0 Å². The molecule has 0 heterocycles. The number of aromatic hydroxyl groups is 1. The summed E-state index contributed by atoms with van der Waals surface area (Å²) in [6.45, 7) is 4.38. The molecule has 0 saturated carbocycles. The second-order valence-electron chi connectivity index (χ2n) is 14.0. The summed E-state index contributed by atoms with van der Waals surface area (Å²) in [5.74, 6) is 0.341. The van der Waals surface area contributed by atoms with Gasteiger partial charge in [-0.1, -0.05) is 151 Å². The number of ether oxygens (including phenoxy) is 2. The molecule has 0 amide bonds. The van der Waals surface area contributed by atoms with Crippen LogP contribution in [-0.4, -0.2) is 68.8 Å². The number of phenolic OH excluding ortho intramolecular Hbond substituents is 1. The number of phenols is 1. The number of benzene rings is 4. The number of aryl methyl sites for hydroxylation is 2. The second-order valence-corrected chi connectivity index (χ2v) is 16.8. The molecule has 0 fully saturated rings. The molecule has 0 atom stereocenters. The first-order chi connectivity index (χ1) is 26.8. The Hall–Kier alpha value is -2.84. The number of para-hydroxylation sites is 2. The summed E-state index contributed by atoms with van der Waals surface area (Å²) < 4.78 is 78.3. The molecule has 4 aromatic carbocycles. The van der Waals surface area contributed by atoms with Crippen LogP contribution in [0.3, 0.4) is 0 Å². The fourth-order valence-corrected chi connectivity index (χ4v) is 7.31. The van der Waals surface area contributed by atoms with Crippen LogP contribution in [0.5, 0.6) is 34.5 Å². The van der Waals surface area contributed by atoms with Gasteiger partial charge in [-0.15, -0.1) is 0 Å². The zero-order valence-electron chi connectivity index (χ0n) is 33.5. The molecule has 4 aromatic rings. The van der Waals surface area contributed by atoms with Crippen LogP contribution in [-0.2, 0) is 33.1 Å². The Balaban J connectivity index is 0.000000387. The van der Waals surface area contributed by atoms with Gasteiger partial charge in [0.25, 0.3) is 10.1 Å². The van der Waals surface area contributed by atoms with Gasteiger partial charge in [0.15, 0.2) is 11.5 Å². The molecule has 0 bridgehead atoms. The minimum absolute atomic E-state index is 0. The molecule has 0 aliphatic rings. The Morgan fingerprint density at radius 2 is 0.930 bits per heavy atom. The Kier molecular flexibility index (Phi) is 23.8. The molecule has 4 rings (SSSR count). The summed E-state index contributed by atoms with van der Waals surface area (Å²) in [6.07, 6.45) is 19.1. The first kappa shape index (κ1) is 50.3. The van der Waals surface area contributed by atoms with Crippen molar-refractivity contribution in [3.05, 3.63) is 96.1 Å². The smallest absolute Gasteiger partial charge is 0.870 e. The number of unbranched alkanes of at least 4 members (excludes halogenated alkanes) is 14. The average molecular weight is 851 g/mol. The van der Waals surface area contributed by atoms with Gasteiger partial charge >= 0.3 is 37.7 Å². The first-order valence-corrected chi connectivity index (χ1v) is 22.8. The van der Waals surface area contributed by atoms with Crippen molar-refractivity contribution < 1.29 is 45.6 Å². The van der Waals surface area contributed by atoms with Crippen LogP contribution in [0.25, 0.3) is 0 Å². The van der Waals surface area contributed by atoms with E-state index in [1.165, 1.54) is 76.3 Å². The largest absolute Gasteiger partial charge is 2.00 e. The average Bonchev–Trinajstić information content (AvgIpc) is 3.16. The van der Waals surface area contributed by atoms with Gasteiger partial charge in [-0.2, -0.15) is 8.42 Å². The minimum Gasteiger partial charge on any atom is -0.870 e. The summed E-state index contributed by atoms with van der Waals surface area (Å²) in [5.41, 5.74) is 0.779. The van der Waals surface area contributed by atoms with E-state index in [0.29, 0.717) is 35.5 Å². The zero-order chi connectivity index (χ0) is 40.8. The van der Waals surface area contributed by atoms with E-state index < -0.39 is 25.1 Å². The summed E-state index contributed by atoms with van der Waals surface area (Å²) in [5, 5.41) is 23.2. The van der Waals surface area contributed by atoms with E-state index in [0.717, 1.165) is 50.7 Å². The molecule has 308 valence electrons. The van der Waals surface area contributed by atoms with Crippen molar-refractivity contribution in [2.45, 2.75) is 139 Å². The molecule has 13 heteroatoms. The van der Waals surface area contributed by atoms with Crippen LogP contribution in [0.1, 0.15) is 128 Å². The van der Waals surface area contributed by atoms with Crippen molar-refractivity contribution in [3.63, 3.8) is 0 Å². The van der Waals surface area contributed by atoms with Gasteiger partial charge in [0.1, 0.15) is 27.4 Å². The molecule has 0 spiro atoms. The number of hydrogen-bond acceptors (Lipinski definition) is 9. The van der Waals surface area contributed by atoms with Crippen LogP contribution >= 0.6 is 0 Å². The quantitative estimate of drug-likeness (QED) is 0.0392. The van der Waals surface area contributed by atoms with Crippen molar-refractivity contribution in [2.75, 3.05) is 0 Å². The summed E-state index contributed by atoms with van der Waals surface area (Å²) in [4.78, 5) is -0.696. The van der Waals surface area contributed by atoms with Gasteiger partial charge in [0.2, 0.25) is 0 Å². The molecular formula is C44H58CaO10S2. The monoisotopic (exact) mass is 850 g/mol. The third-order valence-corrected chi connectivity index (χ3v) is 11.0. The Morgan fingerprint density at radius 1 is 0.544 bits per heavy atom. The SMILES string of the molecule is CCCCCCCCCCc1cc(S(=O)(=O)O)cc(Oc2ccccc2)c1O.CCCCCCCCCCc1cc(S(=O)(=O)[O-])cc(Oc2ccccc2)c1[O-].[Ca+2]. The van der Waals surface area contributed by atoms with Gasteiger partial charge in [-0.05, 0) is 73.7 Å². The molecule has 57 heavy (non-hydrogen) atoms. The van der Waals surface area contributed by atoms with Gasteiger partial charge in [-0.3, -0.25) is 4.55 Å². The Labute approximate surface area is 370 Å². The fourth-order valence-electron chi connectivity index (χ4n) is 6.22. The standard InChI is InChI=1S/2C22H30O5S.Ca/c2*1-2-3-4-5-6-7-8-10-13-18-16-20(28(24,25)26)17-21(22(18)23)27-19-14-11-9-12-15-19;/h2*9,11-12,14-17,23H,2-8,10,13H2,1H3,(H,24,25,26);/q;;+2/p-2. The van der Waals surface area contributed by atoms with Crippen LogP contribution in [0.15, 0.2) is 94.7 Å². The predicted molar refractivity (Wildman–Crippen MR) is 223 cm³/mol.